The molecule has 3 rings (SSSR count). The van der Waals surface area contributed by atoms with Crippen LogP contribution in [0.4, 0.5) is 11.5 Å². The Morgan fingerprint density at radius 1 is 1.16 bits per heavy atom. The van der Waals surface area contributed by atoms with Crippen molar-refractivity contribution in [1.82, 2.24) is 20.2 Å². The van der Waals surface area contributed by atoms with E-state index in [1.807, 2.05) is 30.3 Å². The van der Waals surface area contributed by atoms with Gasteiger partial charge in [0.1, 0.15) is 22.5 Å². The van der Waals surface area contributed by atoms with E-state index < -0.39 is 0 Å². The number of rotatable bonds is 2. The number of H-pyrrole nitrogens is 1. The first-order valence-corrected chi connectivity index (χ1v) is 5.78. The van der Waals surface area contributed by atoms with Crippen LogP contribution >= 0.6 is 0 Å². The highest BCUT2D eigenvalue weighted by atomic mass is 16.1. The van der Waals surface area contributed by atoms with Gasteiger partial charge in [-0.15, -0.1) is 0 Å². The number of benzene rings is 1. The highest BCUT2D eigenvalue weighted by Crippen LogP contribution is 2.19. The second-order valence-electron chi connectivity index (χ2n) is 4.07. The summed E-state index contributed by atoms with van der Waals surface area (Å²) in [5.74, 6) is 1.07. The summed E-state index contributed by atoms with van der Waals surface area (Å²) in [6.07, 6.45) is 1.52. The van der Waals surface area contributed by atoms with Gasteiger partial charge in [-0.2, -0.15) is 5.10 Å². The molecule has 0 saturated heterocycles. The number of fused-ring (bicyclic) bond motifs is 1. The smallest absolute Gasteiger partial charge is 0.277 e. The van der Waals surface area contributed by atoms with Crippen LogP contribution in [-0.2, 0) is 0 Å². The molecule has 0 aliphatic carbocycles. The van der Waals surface area contributed by atoms with E-state index in [-0.39, 0.29) is 5.56 Å². The van der Waals surface area contributed by atoms with Gasteiger partial charge in [-0.3, -0.25) is 4.79 Å². The van der Waals surface area contributed by atoms with E-state index in [1.165, 1.54) is 6.20 Å². The Bertz CT molecular complexity index is 782. The molecule has 6 heteroatoms. The molecule has 0 amide bonds. The van der Waals surface area contributed by atoms with Crippen LogP contribution in [0.2, 0.25) is 0 Å². The quantitative estimate of drug-likeness (QED) is 0.727. The topological polar surface area (TPSA) is 83.6 Å². The third kappa shape index (κ3) is 2.15. The summed E-state index contributed by atoms with van der Waals surface area (Å²) in [4.78, 5) is 20.4. The molecule has 0 bridgehead atoms. The SMILES string of the molecule is Cc1nc(Nc2ccccc2)c2c(=O)[nH]ncc2n1. The molecule has 19 heavy (non-hydrogen) atoms. The minimum Gasteiger partial charge on any atom is -0.339 e. The molecule has 0 spiro atoms. The Balaban J connectivity index is 2.20. The van der Waals surface area contributed by atoms with Crippen molar-refractivity contribution in [2.45, 2.75) is 6.92 Å². The number of aryl methyl sites for hydroxylation is 1. The van der Waals surface area contributed by atoms with Crippen LogP contribution in [0.25, 0.3) is 10.9 Å². The highest BCUT2D eigenvalue weighted by molar-refractivity contribution is 5.89. The number of aromatic amines is 1. The van der Waals surface area contributed by atoms with Crippen molar-refractivity contribution in [2.75, 3.05) is 5.32 Å². The standard InChI is InChI=1S/C13H11N5O/c1-8-15-10-7-14-18-13(19)11(10)12(16-8)17-9-5-3-2-4-6-9/h2-7H,1H3,(H,18,19)(H,15,16,17). The largest absolute Gasteiger partial charge is 0.339 e. The molecule has 2 aromatic heterocycles. The van der Waals surface area contributed by atoms with Crippen molar-refractivity contribution in [3.05, 3.63) is 52.7 Å². The first-order valence-electron chi connectivity index (χ1n) is 5.78. The van der Waals surface area contributed by atoms with E-state index in [1.54, 1.807) is 6.92 Å². The van der Waals surface area contributed by atoms with E-state index in [0.717, 1.165) is 5.69 Å². The normalized spacial score (nSPS) is 10.6. The highest BCUT2D eigenvalue weighted by Gasteiger charge is 2.09. The molecule has 2 N–H and O–H groups in total. The molecule has 94 valence electrons. The van der Waals surface area contributed by atoms with Crippen molar-refractivity contribution in [2.24, 2.45) is 0 Å². The maximum Gasteiger partial charge on any atom is 0.277 e. The summed E-state index contributed by atoms with van der Waals surface area (Å²) in [7, 11) is 0. The summed E-state index contributed by atoms with van der Waals surface area (Å²) >= 11 is 0. The first-order chi connectivity index (χ1) is 9.24. The lowest BCUT2D eigenvalue weighted by Gasteiger charge is -2.08. The lowest BCUT2D eigenvalue weighted by atomic mass is 10.3. The molecule has 6 nitrogen and oxygen atoms in total. The average molecular weight is 253 g/mol. The summed E-state index contributed by atoms with van der Waals surface area (Å²) in [5.41, 5.74) is 1.07. The van der Waals surface area contributed by atoms with Crippen LogP contribution in [0.1, 0.15) is 5.82 Å². The van der Waals surface area contributed by atoms with Gasteiger partial charge in [0, 0.05) is 5.69 Å². The van der Waals surface area contributed by atoms with Crippen molar-refractivity contribution in [3.63, 3.8) is 0 Å². The summed E-state index contributed by atoms with van der Waals surface area (Å²) in [6, 6.07) is 9.54. The van der Waals surface area contributed by atoms with Gasteiger partial charge in [0.2, 0.25) is 0 Å². The van der Waals surface area contributed by atoms with Gasteiger partial charge < -0.3 is 5.32 Å². The molecule has 0 radical (unpaired) electrons. The Morgan fingerprint density at radius 2 is 1.95 bits per heavy atom. The Morgan fingerprint density at radius 3 is 2.74 bits per heavy atom. The average Bonchev–Trinajstić information content (AvgIpc) is 2.39. The van der Waals surface area contributed by atoms with E-state index in [2.05, 4.69) is 25.5 Å². The Kier molecular flexibility index (Phi) is 2.68. The Labute approximate surface area is 108 Å². The van der Waals surface area contributed by atoms with Gasteiger partial charge in [0.05, 0.1) is 6.20 Å². The minimum atomic E-state index is -0.309. The number of aromatic nitrogens is 4. The maximum atomic E-state index is 11.9. The summed E-state index contributed by atoms with van der Waals surface area (Å²) < 4.78 is 0. The lowest BCUT2D eigenvalue weighted by Crippen LogP contribution is -2.12. The number of para-hydroxylation sites is 1. The molecule has 1 aromatic carbocycles. The van der Waals surface area contributed by atoms with Crippen molar-refractivity contribution in [1.29, 1.82) is 0 Å². The Hall–Kier alpha value is -2.76. The lowest BCUT2D eigenvalue weighted by molar-refractivity contribution is 0.990. The van der Waals surface area contributed by atoms with Gasteiger partial charge in [-0.1, -0.05) is 18.2 Å². The van der Waals surface area contributed by atoms with Gasteiger partial charge in [-0.05, 0) is 19.1 Å². The molecular weight excluding hydrogens is 242 g/mol. The number of nitrogens with zero attached hydrogens (tertiary/aromatic N) is 3. The van der Waals surface area contributed by atoms with E-state index in [0.29, 0.717) is 22.5 Å². The number of anilines is 2. The molecule has 0 fully saturated rings. The van der Waals surface area contributed by atoms with Crippen LogP contribution in [0.5, 0.6) is 0 Å². The van der Waals surface area contributed by atoms with Crippen molar-refractivity contribution in [3.8, 4) is 0 Å². The molecule has 0 aliphatic heterocycles. The van der Waals surface area contributed by atoms with Crippen LogP contribution in [0.15, 0.2) is 41.3 Å². The maximum absolute atomic E-state index is 11.9. The number of nitrogens with one attached hydrogen (secondary N) is 2. The van der Waals surface area contributed by atoms with Crippen LogP contribution in [0, 0.1) is 6.92 Å². The molecule has 0 unspecified atom stereocenters. The van der Waals surface area contributed by atoms with E-state index >= 15 is 0 Å². The molecule has 2 heterocycles. The van der Waals surface area contributed by atoms with E-state index in [9.17, 15) is 4.79 Å². The summed E-state index contributed by atoms with van der Waals surface area (Å²) in [6.45, 7) is 1.77. The van der Waals surface area contributed by atoms with Crippen molar-refractivity contribution < 1.29 is 0 Å². The zero-order valence-corrected chi connectivity index (χ0v) is 10.2. The fraction of sp³-hybridized carbons (Fsp3) is 0.0769. The number of hydrogen-bond donors (Lipinski definition) is 2. The van der Waals surface area contributed by atoms with Gasteiger partial charge in [0.15, 0.2) is 0 Å². The van der Waals surface area contributed by atoms with Crippen LogP contribution < -0.4 is 10.9 Å². The molecule has 3 aromatic rings. The monoisotopic (exact) mass is 253 g/mol. The van der Waals surface area contributed by atoms with Gasteiger partial charge >= 0.3 is 0 Å². The van der Waals surface area contributed by atoms with Crippen molar-refractivity contribution >= 4 is 22.4 Å². The van der Waals surface area contributed by atoms with Crippen LogP contribution in [0.3, 0.4) is 0 Å². The first kappa shape index (κ1) is 11.3. The van der Waals surface area contributed by atoms with Crippen LogP contribution in [-0.4, -0.2) is 20.2 Å². The predicted molar refractivity (Wildman–Crippen MR) is 72.4 cm³/mol. The fourth-order valence-electron chi connectivity index (χ4n) is 1.87. The second-order valence-corrected chi connectivity index (χ2v) is 4.07. The molecule has 0 saturated carbocycles. The molecular formula is C13H11N5O. The predicted octanol–water partition coefficient (Wildman–Crippen LogP) is 1.77. The zero-order valence-electron chi connectivity index (χ0n) is 10.2. The fourth-order valence-corrected chi connectivity index (χ4v) is 1.87. The van der Waals surface area contributed by atoms with Gasteiger partial charge in [-0.25, -0.2) is 15.1 Å². The summed E-state index contributed by atoms with van der Waals surface area (Å²) in [5, 5.41) is 9.68. The van der Waals surface area contributed by atoms with Gasteiger partial charge in [0.25, 0.3) is 5.56 Å². The molecule has 0 atom stereocenters. The minimum absolute atomic E-state index is 0.309. The third-order valence-corrected chi connectivity index (χ3v) is 2.67. The third-order valence-electron chi connectivity index (χ3n) is 2.67. The zero-order chi connectivity index (χ0) is 13.2. The van der Waals surface area contributed by atoms with E-state index in [4.69, 9.17) is 0 Å². The second kappa shape index (κ2) is 4.49. The number of hydrogen-bond acceptors (Lipinski definition) is 5. The molecule has 0 aliphatic rings.